The highest BCUT2D eigenvalue weighted by molar-refractivity contribution is 5.78. The van der Waals surface area contributed by atoms with Crippen LogP contribution < -0.4 is 4.90 Å². The Kier molecular flexibility index (Phi) is 4.52. The highest BCUT2D eigenvalue weighted by atomic mass is 16.5. The monoisotopic (exact) mass is 366 g/mol. The lowest BCUT2D eigenvalue weighted by atomic mass is 9.88. The first-order chi connectivity index (χ1) is 13.1. The number of hydrogen-bond acceptors (Lipinski definition) is 4. The van der Waals surface area contributed by atoms with Gasteiger partial charge in [-0.25, -0.2) is 4.98 Å². The van der Waals surface area contributed by atoms with Crippen molar-refractivity contribution in [3.63, 3.8) is 0 Å². The molecule has 2 aliphatic rings. The molecule has 142 valence electrons. The normalized spacial score (nSPS) is 20.7. The Balaban J connectivity index is 1.77. The van der Waals surface area contributed by atoms with Crippen molar-refractivity contribution < 1.29 is 9.53 Å². The maximum atomic E-state index is 12.6. The zero-order chi connectivity index (χ0) is 19.0. The van der Waals surface area contributed by atoms with Crippen LogP contribution >= 0.6 is 0 Å². The summed E-state index contributed by atoms with van der Waals surface area (Å²) in [5.41, 5.74) is 3.08. The van der Waals surface area contributed by atoms with E-state index in [1.54, 1.807) is 0 Å². The zero-order valence-corrected chi connectivity index (χ0v) is 16.0. The lowest BCUT2D eigenvalue weighted by Gasteiger charge is -2.47. The second kappa shape index (κ2) is 6.85. The third kappa shape index (κ3) is 2.84. The van der Waals surface area contributed by atoms with Gasteiger partial charge in [0.05, 0.1) is 11.4 Å². The summed E-state index contributed by atoms with van der Waals surface area (Å²) in [4.78, 5) is 21.6. The van der Waals surface area contributed by atoms with Crippen molar-refractivity contribution in [3.8, 4) is 5.82 Å². The first kappa shape index (κ1) is 17.8. The standard InChI is InChI=1S/C21H26N4O2/c1-4-27-14-19(26)23-12-9-21(15-23)18-8-6-11-24(18)20-17(7-5-10-22-20)25(21)13-16(2)3/h5-8,10-11H,2,4,9,12-15H2,1,3H3/t21-/m1/s1. The van der Waals surface area contributed by atoms with Gasteiger partial charge in [0.1, 0.15) is 12.1 Å². The lowest BCUT2D eigenvalue weighted by Crippen LogP contribution is -2.53. The van der Waals surface area contributed by atoms with Gasteiger partial charge in [0, 0.05) is 38.6 Å². The van der Waals surface area contributed by atoms with Crippen LogP contribution in [0, 0.1) is 0 Å². The lowest BCUT2D eigenvalue weighted by molar-refractivity contribution is -0.135. The predicted octanol–water partition coefficient (Wildman–Crippen LogP) is 2.73. The Hall–Kier alpha value is -2.60. The molecule has 0 aromatic carbocycles. The maximum absolute atomic E-state index is 12.6. The van der Waals surface area contributed by atoms with Crippen LogP contribution in [-0.4, -0.2) is 53.2 Å². The smallest absolute Gasteiger partial charge is 0.248 e. The number of likely N-dealkylation sites (tertiary alicyclic amines) is 1. The minimum atomic E-state index is -0.277. The highest BCUT2D eigenvalue weighted by Gasteiger charge is 2.50. The molecule has 27 heavy (non-hydrogen) atoms. The summed E-state index contributed by atoms with van der Waals surface area (Å²) in [5.74, 6) is 0.988. The van der Waals surface area contributed by atoms with Gasteiger partial charge >= 0.3 is 0 Å². The molecule has 0 bridgehead atoms. The first-order valence-electron chi connectivity index (χ1n) is 9.47. The average molecular weight is 366 g/mol. The van der Waals surface area contributed by atoms with E-state index in [1.165, 1.54) is 5.69 Å². The van der Waals surface area contributed by atoms with Gasteiger partial charge < -0.3 is 19.1 Å². The maximum Gasteiger partial charge on any atom is 0.248 e. The molecule has 2 aromatic rings. The first-order valence-corrected chi connectivity index (χ1v) is 9.47. The van der Waals surface area contributed by atoms with Gasteiger partial charge in [0.2, 0.25) is 5.91 Å². The summed E-state index contributed by atoms with van der Waals surface area (Å²) >= 11 is 0. The van der Waals surface area contributed by atoms with Crippen molar-refractivity contribution in [1.82, 2.24) is 14.5 Å². The fraction of sp³-hybridized carbons (Fsp3) is 0.429. The molecule has 1 fully saturated rings. The molecule has 1 spiro atoms. The van der Waals surface area contributed by atoms with Crippen molar-refractivity contribution in [1.29, 1.82) is 0 Å². The van der Waals surface area contributed by atoms with Gasteiger partial charge in [-0.15, -0.1) is 0 Å². The number of hydrogen-bond donors (Lipinski definition) is 0. The van der Waals surface area contributed by atoms with E-state index < -0.39 is 0 Å². The largest absolute Gasteiger partial charge is 0.372 e. The van der Waals surface area contributed by atoms with Crippen molar-refractivity contribution >= 4 is 11.6 Å². The predicted molar refractivity (Wildman–Crippen MR) is 105 cm³/mol. The second-order valence-corrected chi connectivity index (χ2v) is 7.39. The van der Waals surface area contributed by atoms with Crippen molar-refractivity contribution in [2.75, 3.05) is 37.7 Å². The summed E-state index contributed by atoms with van der Waals surface area (Å²) < 4.78 is 7.52. The molecule has 0 aliphatic carbocycles. The fourth-order valence-electron chi connectivity index (χ4n) is 4.32. The third-order valence-electron chi connectivity index (χ3n) is 5.49. The molecule has 0 radical (unpaired) electrons. The number of ether oxygens (including phenoxy) is 1. The summed E-state index contributed by atoms with van der Waals surface area (Å²) in [6.07, 6.45) is 4.76. The number of nitrogens with zero attached hydrogens (tertiary/aromatic N) is 4. The van der Waals surface area contributed by atoms with Crippen molar-refractivity contribution in [2.45, 2.75) is 25.8 Å². The minimum absolute atomic E-state index is 0.0547. The Bertz CT molecular complexity index is 875. The molecule has 1 saturated heterocycles. The minimum Gasteiger partial charge on any atom is -0.372 e. The summed E-state index contributed by atoms with van der Waals surface area (Å²) in [7, 11) is 0. The fourth-order valence-corrected chi connectivity index (χ4v) is 4.32. The third-order valence-corrected chi connectivity index (χ3v) is 5.49. The Morgan fingerprint density at radius 3 is 3.00 bits per heavy atom. The summed E-state index contributed by atoms with van der Waals surface area (Å²) in [5, 5.41) is 0. The highest BCUT2D eigenvalue weighted by Crippen LogP contribution is 2.47. The molecule has 0 N–H and O–H groups in total. The number of amides is 1. The van der Waals surface area contributed by atoms with Crippen LogP contribution in [0.2, 0.25) is 0 Å². The molecular weight excluding hydrogens is 340 g/mol. The van der Waals surface area contributed by atoms with Crippen LogP contribution in [-0.2, 0) is 15.1 Å². The van der Waals surface area contributed by atoms with Crippen LogP contribution in [0.5, 0.6) is 0 Å². The van der Waals surface area contributed by atoms with Gasteiger partial charge in [0.15, 0.2) is 5.82 Å². The Labute approximate surface area is 160 Å². The van der Waals surface area contributed by atoms with E-state index >= 15 is 0 Å². The van der Waals surface area contributed by atoms with E-state index in [0.717, 1.165) is 36.6 Å². The van der Waals surface area contributed by atoms with E-state index in [9.17, 15) is 4.79 Å². The number of fused-ring (bicyclic) bond motifs is 4. The quantitative estimate of drug-likeness (QED) is 0.764. The van der Waals surface area contributed by atoms with Crippen LogP contribution in [0.1, 0.15) is 26.0 Å². The van der Waals surface area contributed by atoms with Gasteiger partial charge in [-0.3, -0.25) is 4.79 Å². The number of aromatic nitrogens is 2. The zero-order valence-electron chi connectivity index (χ0n) is 16.0. The molecule has 4 rings (SSSR count). The number of carbonyl (C=O) groups is 1. The average Bonchev–Trinajstić information content (AvgIpc) is 3.31. The Morgan fingerprint density at radius 1 is 1.37 bits per heavy atom. The molecule has 0 saturated carbocycles. The van der Waals surface area contributed by atoms with Crippen LogP contribution in [0.25, 0.3) is 5.82 Å². The van der Waals surface area contributed by atoms with Gasteiger partial charge in [-0.1, -0.05) is 12.2 Å². The molecule has 1 amide bonds. The molecule has 2 aliphatic heterocycles. The summed E-state index contributed by atoms with van der Waals surface area (Å²) in [6, 6.07) is 8.30. The molecule has 0 unspecified atom stereocenters. The molecule has 2 aromatic heterocycles. The van der Waals surface area contributed by atoms with E-state index in [1.807, 2.05) is 31.0 Å². The van der Waals surface area contributed by atoms with Gasteiger partial charge in [-0.05, 0) is 44.5 Å². The van der Waals surface area contributed by atoms with E-state index in [4.69, 9.17) is 4.74 Å². The second-order valence-electron chi connectivity index (χ2n) is 7.39. The number of pyridine rings is 1. The molecule has 6 nitrogen and oxygen atoms in total. The SMILES string of the molecule is C=C(C)CN1c2cccnc2-n2cccc2[C@]12CCN(C(=O)COCC)C2. The molecule has 4 heterocycles. The van der Waals surface area contributed by atoms with Crippen molar-refractivity contribution in [2.24, 2.45) is 0 Å². The van der Waals surface area contributed by atoms with Crippen LogP contribution in [0.4, 0.5) is 5.69 Å². The van der Waals surface area contributed by atoms with Crippen LogP contribution in [0.3, 0.4) is 0 Å². The molecule has 1 atom stereocenters. The molecular formula is C21H26N4O2. The molecule has 6 heteroatoms. The Morgan fingerprint density at radius 2 is 2.22 bits per heavy atom. The number of carbonyl (C=O) groups excluding carboxylic acids is 1. The van der Waals surface area contributed by atoms with E-state index in [2.05, 4.69) is 45.4 Å². The van der Waals surface area contributed by atoms with Gasteiger partial charge in [0.25, 0.3) is 0 Å². The van der Waals surface area contributed by atoms with Crippen molar-refractivity contribution in [3.05, 3.63) is 54.5 Å². The summed E-state index contributed by atoms with van der Waals surface area (Å²) in [6.45, 7) is 10.9. The van der Waals surface area contributed by atoms with Gasteiger partial charge in [-0.2, -0.15) is 0 Å². The van der Waals surface area contributed by atoms with Crippen LogP contribution in [0.15, 0.2) is 48.8 Å². The van der Waals surface area contributed by atoms with E-state index in [-0.39, 0.29) is 18.1 Å². The number of rotatable bonds is 5. The number of anilines is 1. The van der Waals surface area contributed by atoms with E-state index in [0.29, 0.717) is 13.2 Å². The topological polar surface area (TPSA) is 50.6 Å².